The Kier molecular flexibility index (Phi) is 12.8. The first-order valence-electron chi connectivity index (χ1n) is 12.4. The number of nitrogens with zero attached hydrogens (tertiary/aromatic N) is 4. The molecule has 5 rings (SSSR count). The van der Waals surface area contributed by atoms with Crippen LogP contribution >= 0.6 is 11.6 Å². The van der Waals surface area contributed by atoms with E-state index >= 15 is 0 Å². The third-order valence-corrected chi connectivity index (χ3v) is 6.10. The molecular weight excluding hydrogens is 732 g/mol. The summed E-state index contributed by atoms with van der Waals surface area (Å²) >= 11 is 5.56. The molecule has 0 aliphatic carbocycles. The fraction of sp³-hybridized carbons (Fsp3) is 0.0769. The smallest absolute Gasteiger partial charge is 0.412 e. The van der Waals surface area contributed by atoms with Crippen molar-refractivity contribution >= 4 is 51.5 Å². The molecule has 0 fully saturated rings. The fourth-order valence-electron chi connectivity index (χ4n) is 3.64. The SMILES string of the molecule is N#Cc1cc(F)c(Nc2cc(C(F)(F)F)c(F)cc2F)nc1Cl.NN.Nc1[nH]nc2nc(Nc3cc(C(F)(F)F)c(F)cc3F)c(F)cc12.O. The van der Waals surface area contributed by atoms with Crippen molar-refractivity contribution in [3.63, 3.8) is 0 Å². The van der Waals surface area contributed by atoms with Crippen LogP contribution in [-0.2, 0) is 12.4 Å². The first-order chi connectivity index (χ1) is 22.8. The molecule has 0 bridgehead atoms. The van der Waals surface area contributed by atoms with E-state index < -0.39 is 86.5 Å². The summed E-state index contributed by atoms with van der Waals surface area (Å²) in [6, 6.07) is 3.52. The van der Waals surface area contributed by atoms with Gasteiger partial charge >= 0.3 is 12.4 Å². The van der Waals surface area contributed by atoms with Crippen molar-refractivity contribution < 1.29 is 58.2 Å². The number of alkyl halides is 6. The van der Waals surface area contributed by atoms with Crippen molar-refractivity contribution in [3.8, 4) is 6.07 Å². The summed E-state index contributed by atoms with van der Waals surface area (Å²) in [6.45, 7) is 0. The van der Waals surface area contributed by atoms with E-state index in [2.05, 4.69) is 37.2 Å². The minimum absolute atomic E-state index is 0. The maximum Gasteiger partial charge on any atom is 0.419 e. The van der Waals surface area contributed by atoms with Gasteiger partial charge in [-0.05, 0) is 24.3 Å². The molecule has 0 radical (unpaired) electrons. The fourth-order valence-corrected chi connectivity index (χ4v) is 3.82. The van der Waals surface area contributed by atoms with Gasteiger partial charge in [0.1, 0.15) is 40.3 Å². The Morgan fingerprint density at radius 3 is 1.56 bits per heavy atom. The number of nitrogen functional groups attached to an aromatic ring is 1. The molecule has 0 spiro atoms. The van der Waals surface area contributed by atoms with Crippen molar-refractivity contribution in [1.29, 1.82) is 5.26 Å². The number of rotatable bonds is 4. The predicted octanol–water partition coefficient (Wildman–Crippen LogP) is 6.50. The van der Waals surface area contributed by atoms with Crippen LogP contribution in [0.15, 0.2) is 36.4 Å². The lowest BCUT2D eigenvalue weighted by Crippen LogP contribution is -2.10. The van der Waals surface area contributed by atoms with Gasteiger partial charge in [0.05, 0.1) is 33.5 Å². The third-order valence-electron chi connectivity index (χ3n) is 5.81. The summed E-state index contributed by atoms with van der Waals surface area (Å²) in [5.41, 5.74) is 0.0563. The van der Waals surface area contributed by atoms with E-state index in [9.17, 15) is 52.7 Å². The quantitative estimate of drug-likeness (QED) is 0.0512. The van der Waals surface area contributed by atoms with Crippen molar-refractivity contribution in [2.24, 2.45) is 11.7 Å². The van der Waals surface area contributed by atoms with Gasteiger partial charge in [0.15, 0.2) is 28.9 Å². The van der Waals surface area contributed by atoms with E-state index in [1.165, 1.54) is 0 Å². The van der Waals surface area contributed by atoms with Crippen LogP contribution in [0.25, 0.3) is 11.0 Å². The second-order valence-electron chi connectivity index (χ2n) is 8.97. The largest absolute Gasteiger partial charge is 0.419 e. The molecule has 11 N–H and O–H groups in total. The second kappa shape index (κ2) is 15.8. The number of H-pyrrole nitrogens is 1. The standard InChI is InChI=1S/C13H4ClF6N3.C13H7F6N5.H4N2.H2O/c14-11-5(4-21)1-9(17)12(23-11)22-10-2-6(13(18,19)20)7(15)3-8(10)16;14-6-3-7(15)9(2-5(6)13(17,18)19)21-12-8(16)1-4-10(20)23-24-11(4)22-12;1-2;/h1-3H,(H,22,23);1-3H,(H4,20,21,22,23,24);1-2H2;1H2. The summed E-state index contributed by atoms with van der Waals surface area (Å²) in [4.78, 5) is 7.11. The summed E-state index contributed by atoms with van der Waals surface area (Å²) in [5, 5.41) is 18.4. The van der Waals surface area contributed by atoms with Crippen LogP contribution in [0, 0.1) is 46.2 Å². The molecule has 0 amide bonds. The molecule has 0 unspecified atom stereocenters. The van der Waals surface area contributed by atoms with Crippen LogP contribution in [0.4, 0.5) is 81.5 Å². The van der Waals surface area contributed by atoms with Gasteiger partial charge in [0.2, 0.25) is 0 Å². The lowest BCUT2D eigenvalue weighted by atomic mass is 10.1. The molecule has 0 atom stereocenters. The van der Waals surface area contributed by atoms with Crippen molar-refractivity contribution in [1.82, 2.24) is 20.2 Å². The van der Waals surface area contributed by atoms with E-state index in [0.717, 1.165) is 6.07 Å². The number of nitrogens with one attached hydrogen (secondary N) is 3. The van der Waals surface area contributed by atoms with E-state index in [4.69, 9.17) is 22.6 Å². The van der Waals surface area contributed by atoms with E-state index in [1.807, 2.05) is 5.32 Å². The summed E-state index contributed by atoms with van der Waals surface area (Å²) in [6.07, 6.45) is -10.1. The Morgan fingerprint density at radius 1 is 0.680 bits per heavy atom. The van der Waals surface area contributed by atoms with Gasteiger partial charge < -0.3 is 21.8 Å². The number of nitriles is 1. The molecule has 50 heavy (non-hydrogen) atoms. The first kappa shape index (κ1) is 40.6. The average Bonchev–Trinajstić information content (AvgIpc) is 3.36. The number of hydrazine groups is 1. The van der Waals surface area contributed by atoms with Crippen LogP contribution in [-0.4, -0.2) is 25.6 Å². The number of hydrogen-bond donors (Lipinski definition) is 6. The van der Waals surface area contributed by atoms with Crippen molar-refractivity contribution in [2.75, 3.05) is 16.4 Å². The number of fused-ring (bicyclic) bond motifs is 1. The molecule has 3 heterocycles. The third kappa shape index (κ3) is 9.11. The number of benzene rings is 2. The van der Waals surface area contributed by atoms with Gasteiger partial charge in [-0.1, -0.05) is 11.6 Å². The van der Waals surface area contributed by atoms with Crippen LogP contribution in [0.1, 0.15) is 16.7 Å². The van der Waals surface area contributed by atoms with Gasteiger partial charge in [-0.25, -0.2) is 36.3 Å². The zero-order chi connectivity index (χ0) is 37.0. The van der Waals surface area contributed by atoms with Gasteiger partial charge in [0, 0.05) is 12.1 Å². The summed E-state index contributed by atoms with van der Waals surface area (Å²) in [5.74, 6) is -1.76. The maximum atomic E-state index is 14.0. The number of hydrogen-bond acceptors (Lipinski definition) is 9. The lowest BCUT2D eigenvalue weighted by molar-refractivity contribution is -0.140. The molecule has 0 aliphatic rings. The molecule has 11 nitrogen and oxygen atoms in total. The van der Waals surface area contributed by atoms with Crippen LogP contribution < -0.4 is 28.1 Å². The number of aromatic amines is 1. The monoisotopic (exact) mass is 748 g/mol. The highest BCUT2D eigenvalue weighted by atomic mass is 35.5. The molecule has 24 heteroatoms. The normalized spacial score (nSPS) is 11.0. The van der Waals surface area contributed by atoms with Crippen molar-refractivity contribution in [3.05, 3.63) is 93.1 Å². The predicted molar refractivity (Wildman–Crippen MR) is 153 cm³/mol. The van der Waals surface area contributed by atoms with Gasteiger partial charge in [-0.15, -0.1) is 0 Å². The molecule has 268 valence electrons. The van der Waals surface area contributed by atoms with Crippen LogP contribution in [0.5, 0.6) is 0 Å². The number of pyridine rings is 2. The highest BCUT2D eigenvalue weighted by molar-refractivity contribution is 6.30. The average molecular weight is 749 g/mol. The zero-order valence-electron chi connectivity index (χ0n) is 23.9. The maximum absolute atomic E-state index is 14.0. The Balaban J connectivity index is 0.000000325. The molecule has 5 aromatic rings. The van der Waals surface area contributed by atoms with Gasteiger partial charge in [-0.3, -0.25) is 16.8 Å². The number of aromatic nitrogens is 4. The lowest BCUT2D eigenvalue weighted by Gasteiger charge is -2.13. The topological polar surface area (TPSA) is 212 Å². The molecule has 0 saturated carbocycles. The van der Waals surface area contributed by atoms with Crippen molar-refractivity contribution in [2.45, 2.75) is 12.4 Å². The van der Waals surface area contributed by atoms with Gasteiger partial charge in [-0.2, -0.15) is 36.7 Å². The minimum atomic E-state index is -5.07. The molecule has 0 aliphatic heterocycles. The summed E-state index contributed by atoms with van der Waals surface area (Å²) < 4.78 is 157. The van der Waals surface area contributed by atoms with Gasteiger partial charge in [0.25, 0.3) is 0 Å². The number of anilines is 5. The van der Waals surface area contributed by atoms with Crippen LogP contribution in [0.2, 0.25) is 5.15 Å². The Labute approximate surface area is 274 Å². The minimum Gasteiger partial charge on any atom is -0.412 e. The van der Waals surface area contributed by atoms with E-state index in [-0.39, 0.29) is 52.2 Å². The van der Waals surface area contributed by atoms with E-state index in [0.29, 0.717) is 6.07 Å². The highest BCUT2D eigenvalue weighted by Crippen LogP contribution is 2.37. The Hall–Kier alpha value is -5.57. The highest BCUT2D eigenvalue weighted by Gasteiger charge is 2.36. The number of halogens is 13. The molecule has 3 aromatic heterocycles. The molecule has 2 aromatic carbocycles. The first-order valence-corrected chi connectivity index (χ1v) is 12.7. The Bertz CT molecular complexity index is 2050. The molecule has 0 saturated heterocycles. The zero-order valence-corrected chi connectivity index (χ0v) is 24.7. The second-order valence-corrected chi connectivity index (χ2v) is 9.32. The van der Waals surface area contributed by atoms with E-state index in [1.54, 1.807) is 6.07 Å². The summed E-state index contributed by atoms with van der Waals surface area (Å²) in [7, 11) is 0. The number of nitrogens with two attached hydrogens (primary N) is 3. The molecular formula is C26H17ClF12N10O. The van der Waals surface area contributed by atoms with Crippen LogP contribution in [0.3, 0.4) is 0 Å². The Morgan fingerprint density at radius 2 is 1.12 bits per heavy atom.